The first-order valence-electron chi connectivity index (χ1n) is 9.58. The molecule has 2 aromatic carbocycles. The van der Waals surface area contributed by atoms with E-state index >= 15 is 0 Å². The van der Waals surface area contributed by atoms with E-state index in [0.29, 0.717) is 11.7 Å². The van der Waals surface area contributed by atoms with Crippen LogP contribution in [0.1, 0.15) is 30.9 Å². The molecule has 1 heterocycles. The minimum absolute atomic E-state index is 0.0379. The quantitative estimate of drug-likeness (QED) is 0.739. The second kappa shape index (κ2) is 9.22. The van der Waals surface area contributed by atoms with Crippen molar-refractivity contribution in [1.29, 1.82) is 0 Å². The number of rotatable bonds is 6. The van der Waals surface area contributed by atoms with Gasteiger partial charge in [0.25, 0.3) is 0 Å². The third-order valence-corrected chi connectivity index (χ3v) is 5.81. The Labute approximate surface area is 174 Å². The van der Waals surface area contributed by atoms with Crippen LogP contribution in [0, 0.1) is 19.7 Å². The van der Waals surface area contributed by atoms with E-state index < -0.39 is 17.0 Å². The first-order valence-corrected chi connectivity index (χ1v) is 10.5. The number of thioether (sulfide) groups is 1. The van der Waals surface area contributed by atoms with Gasteiger partial charge in [-0.15, -0.1) is 0 Å². The van der Waals surface area contributed by atoms with Gasteiger partial charge in [-0.1, -0.05) is 49.0 Å². The lowest BCUT2D eigenvalue weighted by Gasteiger charge is -2.16. The van der Waals surface area contributed by atoms with Crippen molar-refractivity contribution >= 4 is 40.1 Å². The van der Waals surface area contributed by atoms with Crippen LogP contribution in [-0.4, -0.2) is 33.7 Å². The van der Waals surface area contributed by atoms with E-state index in [1.807, 2.05) is 39.0 Å². The molecule has 1 aliphatic rings. The molecule has 152 valence electrons. The van der Waals surface area contributed by atoms with Crippen LogP contribution < -0.4 is 5.32 Å². The number of amidine groups is 1. The van der Waals surface area contributed by atoms with E-state index in [4.69, 9.17) is 4.99 Å². The molecule has 0 radical (unpaired) electrons. The predicted octanol–water partition coefficient (Wildman–Crippen LogP) is 4.81. The Morgan fingerprint density at radius 3 is 2.52 bits per heavy atom. The van der Waals surface area contributed by atoms with Crippen molar-refractivity contribution in [2.45, 2.75) is 38.9 Å². The number of aliphatic imine (C=N–C) groups is 1. The highest BCUT2D eigenvalue weighted by molar-refractivity contribution is 8.15. The van der Waals surface area contributed by atoms with Crippen LogP contribution in [0.25, 0.3) is 0 Å². The van der Waals surface area contributed by atoms with Gasteiger partial charge in [0.15, 0.2) is 5.17 Å². The van der Waals surface area contributed by atoms with E-state index in [-0.39, 0.29) is 18.0 Å². The first kappa shape index (κ1) is 21.0. The molecular formula is C22H24FN3O2S. The van der Waals surface area contributed by atoms with Crippen LogP contribution in [0.5, 0.6) is 0 Å². The summed E-state index contributed by atoms with van der Waals surface area (Å²) in [5.74, 6) is -1.03. The molecule has 2 amide bonds. The number of hydrogen-bond donors (Lipinski definition) is 1. The summed E-state index contributed by atoms with van der Waals surface area (Å²) in [5.41, 5.74) is 3.02. The SMILES string of the molecule is CCCN1C(=O)[C@H](CC(=O)Nc2ccccc2F)SC1=Nc1c(C)cccc1C. The van der Waals surface area contributed by atoms with Gasteiger partial charge in [0, 0.05) is 13.0 Å². The molecule has 29 heavy (non-hydrogen) atoms. The molecule has 0 aromatic heterocycles. The van der Waals surface area contributed by atoms with Gasteiger partial charge in [-0.2, -0.15) is 0 Å². The van der Waals surface area contributed by atoms with Crippen molar-refractivity contribution < 1.29 is 14.0 Å². The van der Waals surface area contributed by atoms with Crippen molar-refractivity contribution in [1.82, 2.24) is 4.90 Å². The minimum atomic E-state index is -0.573. The van der Waals surface area contributed by atoms with Crippen LogP contribution in [0.4, 0.5) is 15.8 Å². The number of aryl methyl sites for hydroxylation is 2. The van der Waals surface area contributed by atoms with Gasteiger partial charge in [0.2, 0.25) is 11.8 Å². The molecule has 0 saturated carbocycles. The molecule has 1 N–H and O–H groups in total. The fourth-order valence-electron chi connectivity index (χ4n) is 3.16. The van der Waals surface area contributed by atoms with Gasteiger partial charge >= 0.3 is 0 Å². The molecule has 1 atom stereocenters. The van der Waals surface area contributed by atoms with Crippen molar-refractivity contribution in [3.63, 3.8) is 0 Å². The Morgan fingerprint density at radius 1 is 1.17 bits per heavy atom. The number of amides is 2. The summed E-state index contributed by atoms with van der Waals surface area (Å²) in [5, 5.41) is 2.59. The maximum Gasteiger partial charge on any atom is 0.242 e. The van der Waals surface area contributed by atoms with Crippen molar-refractivity contribution in [2.24, 2.45) is 4.99 Å². The summed E-state index contributed by atoms with van der Waals surface area (Å²) in [4.78, 5) is 31.7. The molecule has 0 unspecified atom stereocenters. The fourth-order valence-corrected chi connectivity index (χ4v) is 4.33. The zero-order chi connectivity index (χ0) is 21.0. The topological polar surface area (TPSA) is 61.8 Å². The van der Waals surface area contributed by atoms with Gasteiger partial charge in [-0.05, 0) is 43.5 Å². The molecular weight excluding hydrogens is 389 g/mol. The normalized spacial score (nSPS) is 17.8. The molecule has 0 aliphatic carbocycles. The third-order valence-electron chi connectivity index (χ3n) is 4.63. The monoisotopic (exact) mass is 413 g/mol. The summed E-state index contributed by atoms with van der Waals surface area (Å²) < 4.78 is 13.8. The number of benzene rings is 2. The number of carbonyl (C=O) groups is 2. The largest absolute Gasteiger partial charge is 0.324 e. The fraction of sp³-hybridized carbons (Fsp3) is 0.318. The zero-order valence-corrected chi connectivity index (χ0v) is 17.6. The lowest BCUT2D eigenvalue weighted by Crippen LogP contribution is -2.34. The highest BCUT2D eigenvalue weighted by atomic mass is 32.2. The molecule has 1 aliphatic heterocycles. The predicted molar refractivity (Wildman–Crippen MR) is 116 cm³/mol. The number of halogens is 1. The van der Waals surface area contributed by atoms with Gasteiger partial charge in [-0.3, -0.25) is 14.5 Å². The van der Waals surface area contributed by atoms with E-state index in [0.717, 1.165) is 23.2 Å². The Morgan fingerprint density at radius 2 is 1.86 bits per heavy atom. The molecule has 7 heteroatoms. The number of nitrogens with zero attached hydrogens (tertiary/aromatic N) is 2. The summed E-state index contributed by atoms with van der Waals surface area (Å²) in [6.07, 6.45) is 0.746. The average Bonchev–Trinajstić information content (AvgIpc) is 2.96. The minimum Gasteiger partial charge on any atom is -0.324 e. The number of carbonyl (C=O) groups excluding carboxylic acids is 2. The molecule has 0 bridgehead atoms. The van der Waals surface area contributed by atoms with Crippen LogP contribution in [0.3, 0.4) is 0 Å². The van der Waals surface area contributed by atoms with Crippen LogP contribution >= 0.6 is 11.8 Å². The molecule has 1 saturated heterocycles. The molecule has 5 nitrogen and oxygen atoms in total. The highest BCUT2D eigenvalue weighted by Crippen LogP contribution is 2.34. The van der Waals surface area contributed by atoms with Crippen LogP contribution in [-0.2, 0) is 9.59 Å². The highest BCUT2D eigenvalue weighted by Gasteiger charge is 2.38. The lowest BCUT2D eigenvalue weighted by atomic mass is 10.1. The Bertz CT molecular complexity index is 941. The average molecular weight is 414 g/mol. The number of hydrogen-bond acceptors (Lipinski definition) is 4. The van der Waals surface area contributed by atoms with Crippen LogP contribution in [0.15, 0.2) is 47.5 Å². The second-order valence-electron chi connectivity index (χ2n) is 6.96. The molecule has 2 aromatic rings. The third kappa shape index (κ3) is 4.85. The van der Waals surface area contributed by atoms with E-state index in [1.165, 1.54) is 23.9 Å². The standard InChI is InChI=1S/C22H24FN3O2S/c1-4-12-26-21(28)18(13-19(27)24-17-11-6-5-10-16(17)23)29-22(26)25-20-14(2)8-7-9-15(20)3/h5-11,18H,4,12-13H2,1-3H3,(H,24,27)/t18-/m0/s1. The smallest absolute Gasteiger partial charge is 0.242 e. The maximum atomic E-state index is 13.8. The number of anilines is 1. The summed E-state index contributed by atoms with van der Waals surface area (Å²) in [6, 6.07) is 11.9. The second-order valence-corrected chi connectivity index (χ2v) is 8.13. The van der Waals surface area contributed by atoms with Crippen LogP contribution in [0.2, 0.25) is 0 Å². The van der Waals surface area contributed by atoms with Gasteiger partial charge in [0.1, 0.15) is 11.1 Å². The maximum absolute atomic E-state index is 13.8. The van der Waals surface area contributed by atoms with Gasteiger partial charge in [0.05, 0.1) is 11.4 Å². The number of nitrogens with one attached hydrogen (secondary N) is 1. The van der Waals surface area contributed by atoms with Gasteiger partial charge in [-0.25, -0.2) is 9.38 Å². The van der Waals surface area contributed by atoms with Crippen molar-refractivity contribution in [3.8, 4) is 0 Å². The summed E-state index contributed by atoms with van der Waals surface area (Å²) in [6.45, 7) is 6.50. The number of para-hydroxylation sites is 2. The molecule has 3 rings (SSSR count). The Balaban J connectivity index is 1.79. The van der Waals surface area contributed by atoms with E-state index in [9.17, 15) is 14.0 Å². The first-order chi connectivity index (χ1) is 13.9. The lowest BCUT2D eigenvalue weighted by molar-refractivity contribution is -0.128. The zero-order valence-electron chi connectivity index (χ0n) is 16.7. The van der Waals surface area contributed by atoms with Crippen molar-refractivity contribution in [2.75, 3.05) is 11.9 Å². The Hall–Kier alpha value is -2.67. The van der Waals surface area contributed by atoms with E-state index in [2.05, 4.69) is 5.32 Å². The summed E-state index contributed by atoms with van der Waals surface area (Å²) in [7, 11) is 0. The summed E-state index contributed by atoms with van der Waals surface area (Å²) >= 11 is 1.29. The Kier molecular flexibility index (Phi) is 6.69. The molecule has 1 fully saturated rings. The molecule has 0 spiro atoms. The van der Waals surface area contributed by atoms with E-state index in [1.54, 1.807) is 17.0 Å². The van der Waals surface area contributed by atoms with Crippen molar-refractivity contribution in [3.05, 3.63) is 59.4 Å². The van der Waals surface area contributed by atoms with Gasteiger partial charge < -0.3 is 5.32 Å².